The molecule has 8 heteroatoms. The first-order valence-electron chi connectivity index (χ1n) is 8.94. The van der Waals surface area contributed by atoms with E-state index in [1.807, 2.05) is 39.2 Å². The molecule has 27 heavy (non-hydrogen) atoms. The fraction of sp³-hybridized carbons (Fsp3) is 0.421. The van der Waals surface area contributed by atoms with Gasteiger partial charge in [-0.15, -0.1) is 11.3 Å². The number of carbonyl (C=O) groups is 3. The van der Waals surface area contributed by atoms with Gasteiger partial charge in [-0.2, -0.15) is 11.3 Å². The molecule has 1 atom stereocenters. The molecule has 0 aromatic carbocycles. The van der Waals surface area contributed by atoms with Crippen LogP contribution >= 0.6 is 22.7 Å². The van der Waals surface area contributed by atoms with E-state index in [1.165, 1.54) is 29.6 Å². The van der Waals surface area contributed by atoms with Crippen molar-refractivity contribution < 1.29 is 14.4 Å². The van der Waals surface area contributed by atoms with Crippen molar-refractivity contribution in [3.05, 3.63) is 44.8 Å². The molecule has 144 valence electrons. The Kier molecular flexibility index (Phi) is 6.63. The number of carbonyl (C=O) groups excluding carboxylic acids is 3. The van der Waals surface area contributed by atoms with Crippen molar-refractivity contribution in [2.24, 2.45) is 0 Å². The Morgan fingerprint density at radius 3 is 2.59 bits per heavy atom. The summed E-state index contributed by atoms with van der Waals surface area (Å²) in [5.41, 5.74) is 0.688. The van der Waals surface area contributed by atoms with Crippen molar-refractivity contribution in [2.75, 3.05) is 13.1 Å². The van der Waals surface area contributed by atoms with E-state index in [0.29, 0.717) is 18.7 Å². The van der Waals surface area contributed by atoms with E-state index in [-0.39, 0.29) is 36.2 Å². The summed E-state index contributed by atoms with van der Waals surface area (Å²) < 4.78 is 0. The molecule has 2 aromatic heterocycles. The van der Waals surface area contributed by atoms with Gasteiger partial charge < -0.3 is 15.5 Å². The van der Waals surface area contributed by atoms with Crippen molar-refractivity contribution >= 4 is 40.4 Å². The second-order valence-corrected chi connectivity index (χ2v) is 8.37. The number of piperidine rings is 1. The molecule has 3 heterocycles. The van der Waals surface area contributed by atoms with Crippen molar-refractivity contribution in [1.29, 1.82) is 0 Å². The van der Waals surface area contributed by atoms with Gasteiger partial charge in [-0.25, -0.2) is 0 Å². The predicted octanol–water partition coefficient (Wildman–Crippen LogP) is 2.80. The predicted molar refractivity (Wildman–Crippen MR) is 107 cm³/mol. The van der Waals surface area contributed by atoms with Gasteiger partial charge in [-0.1, -0.05) is 6.07 Å². The van der Waals surface area contributed by atoms with Crippen molar-refractivity contribution in [3.63, 3.8) is 0 Å². The quantitative estimate of drug-likeness (QED) is 0.776. The van der Waals surface area contributed by atoms with Crippen LogP contribution in [0.3, 0.4) is 0 Å². The van der Waals surface area contributed by atoms with Crippen molar-refractivity contribution in [2.45, 2.75) is 38.3 Å². The fourth-order valence-electron chi connectivity index (χ4n) is 3.20. The molecular formula is C19H23N3O3S2. The zero-order valence-electron chi connectivity index (χ0n) is 15.1. The Morgan fingerprint density at radius 2 is 2.00 bits per heavy atom. The second kappa shape index (κ2) is 9.14. The van der Waals surface area contributed by atoms with Gasteiger partial charge in [-0.05, 0) is 35.7 Å². The van der Waals surface area contributed by atoms with Gasteiger partial charge in [0.1, 0.15) is 0 Å². The minimum atomic E-state index is -0.286. The molecule has 6 nitrogen and oxygen atoms in total. The Bertz CT molecular complexity index is 766. The molecule has 0 radical (unpaired) electrons. The number of nitrogens with one attached hydrogen (secondary N) is 2. The fourth-order valence-corrected chi connectivity index (χ4v) is 4.61. The number of nitrogens with zero attached hydrogens (tertiary/aromatic N) is 1. The molecule has 0 spiro atoms. The summed E-state index contributed by atoms with van der Waals surface area (Å²) in [5, 5.41) is 11.6. The Balaban J connectivity index is 1.50. The minimum Gasteiger partial charge on any atom is -0.349 e. The number of hydrogen-bond acceptors (Lipinski definition) is 5. The highest BCUT2D eigenvalue weighted by atomic mass is 32.1. The molecule has 1 aliphatic heterocycles. The molecule has 1 fully saturated rings. The Hall–Kier alpha value is -2.19. The van der Waals surface area contributed by atoms with Crippen LogP contribution in [0.2, 0.25) is 0 Å². The monoisotopic (exact) mass is 405 g/mol. The van der Waals surface area contributed by atoms with Crippen LogP contribution in [0.15, 0.2) is 34.3 Å². The van der Waals surface area contributed by atoms with Gasteiger partial charge in [0.25, 0.3) is 5.91 Å². The van der Waals surface area contributed by atoms with Crippen LogP contribution in [-0.4, -0.2) is 41.8 Å². The van der Waals surface area contributed by atoms with Gasteiger partial charge in [0.15, 0.2) is 0 Å². The highest BCUT2D eigenvalue weighted by Gasteiger charge is 2.27. The molecule has 0 aliphatic carbocycles. The number of rotatable bonds is 6. The van der Waals surface area contributed by atoms with Gasteiger partial charge in [0.05, 0.1) is 12.5 Å². The van der Waals surface area contributed by atoms with Crippen molar-refractivity contribution in [1.82, 2.24) is 15.5 Å². The summed E-state index contributed by atoms with van der Waals surface area (Å²) in [6.45, 7) is 2.70. The van der Waals surface area contributed by atoms with Gasteiger partial charge in [0, 0.05) is 41.9 Å². The van der Waals surface area contributed by atoms with Crippen LogP contribution in [0, 0.1) is 0 Å². The summed E-state index contributed by atoms with van der Waals surface area (Å²) in [5.74, 6) is -0.162. The molecule has 1 saturated heterocycles. The lowest BCUT2D eigenvalue weighted by Crippen LogP contribution is -2.47. The average molecular weight is 406 g/mol. The third-order valence-electron chi connectivity index (χ3n) is 4.61. The summed E-state index contributed by atoms with van der Waals surface area (Å²) in [6.07, 6.45) is 1.74. The lowest BCUT2D eigenvalue weighted by atomic mass is 10.0. The molecule has 3 amide bonds. The molecule has 1 unspecified atom stereocenters. The lowest BCUT2D eigenvalue weighted by molar-refractivity contribution is -0.133. The normalized spacial score (nSPS) is 16.0. The summed E-state index contributed by atoms with van der Waals surface area (Å²) in [6, 6.07) is 5.47. The van der Waals surface area contributed by atoms with Gasteiger partial charge in [-0.3, -0.25) is 14.4 Å². The number of amides is 3. The van der Waals surface area contributed by atoms with Crippen LogP contribution < -0.4 is 10.6 Å². The number of thiophene rings is 2. The van der Waals surface area contributed by atoms with E-state index in [2.05, 4.69) is 10.6 Å². The van der Waals surface area contributed by atoms with Crippen LogP contribution in [0.5, 0.6) is 0 Å². The molecule has 2 N–H and O–H groups in total. The van der Waals surface area contributed by atoms with Crippen LogP contribution in [0.4, 0.5) is 0 Å². The third kappa shape index (κ3) is 5.40. The van der Waals surface area contributed by atoms with E-state index < -0.39 is 0 Å². The minimum absolute atomic E-state index is 0.0322. The van der Waals surface area contributed by atoms with E-state index >= 15 is 0 Å². The largest absolute Gasteiger partial charge is 0.349 e. The van der Waals surface area contributed by atoms with E-state index in [0.717, 1.165) is 17.7 Å². The maximum Gasteiger partial charge on any atom is 0.252 e. The molecule has 0 bridgehead atoms. The first-order chi connectivity index (χ1) is 13.0. The number of likely N-dealkylation sites (tertiary alicyclic amines) is 1. The number of hydrogen-bond donors (Lipinski definition) is 2. The molecule has 1 aliphatic rings. The van der Waals surface area contributed by atoms with Crippen LogP contribution in [-0.2, 0) is 9.59 Å². The lowest BCUT2D eigenvalue weighted by Gasteiger charge is -2.33. The molecular weight excluding hydrogens is 382 g/mol. The first-order valence-corrected chi connectivity index (χ1v) is 10.8. The summed E-state index contributed by atoms with van der Waals surface area (Å²) in [4.78, 5) is 39.1. The highest BCUT2D eigenvalue weighted by molar-refractivity contribution is 7.10. The molecule has 2 aromatic rings. The topological polar surface area (TPSA) is 78.5 Å². The standard InChI is InChI=1S/C19H23N3O3S2/c1-13(23)20-16(17-3-2-9-27-17)11-18(24)22-7-4-15(5-8-22)21-19(25)14-6-10-26-12-14/h2-3,6,9-10,12,15-16H,4-5,7-8,11H2,1H3,(H,20,23)(H,21,25). The maximum atomic E-state index is 12.7. The summed E-state index contributed by atoms with van der Waals surface area (Å²) >= 11 is 3.04. The first kappa shape index (κ1) is 19.6. The second-order valence-electron chi connectivity index (χ2n) is 6.61. The summed E-state index contributed by atoms with van der Waals surface area (Å²) in [7, 11) is 0. The van der Waals surface area contributed by atoms with Crippen LogP contribution in [0.1, 0.15) is 47.5 Å². The zero-order valence-corrected chi connectivity index (χ0v) is 16.8. The average Bonchev–Trinajstić information content (AvgIpc) is 3.35. The highest BCUT2D eigenvalue weighted by Crippen LogP contribution is 2.24. The Morgan fingerprint density at radius 1 is 1.22 bits per heavy atom. The third-order valence-corrected chi connectivity index (χ3v) is 6.28. The van der Waals surface area contributed by atoms with E-state index in [9.17, 15) is 14.4 Å². The maximum absolute atomic E-state index is 12.7. The van der Waals surface area contributed by atoms with Gasteiger partial charge >= 0.3 is 0 Å². The SMILES string of the molecule is CC(=O)NC(CC(=O)N1CCC(NC(=O)c2ccsc2)CC1)c1cccs1. The Labute approximate surface area is 166 Å². The van der Waals surface area contributed by atoms with Crippen molar-refractivity contribution in [3.8, 4) is 0 Å². The molecule has 3 rings (SSSR count). The van der Waals surface area contributed by atoms with E-state index in [4.69, 9.17) is 0 Å². The van der Waals surface area contributed by atoms with Gasteiger partial charge in [0.2, 0.25) is 11.8 Å². The smallest absolute Gasteiger partial charge is 0.252 e. The van der Waals surface area contributed by atoms with E-state index in [1.54, 1.807) is 0 Å². The zero-order chi connectivity index (χ0) is 19.2. The molecule has 0 saturated carbocycles. The van der Waals surface area contributed by atoms with Crippen LogP contribution in [0.25, 0.3) is 0 Å².